The van der Waals surface area contributed by atoms with Crippen molar-refractivity contribution in [3.8, 4) is 11.1 Å². The smallest absolute Gasteiger partial charge is 0.223 e. The maximum absolute atomic E-state index is 12.4. The maximum Gasteiger partial charge on any atom is 0.223 e. The summed E-state index contributed by atoms with van der Waals surface area (Å²) in [7, 11) is 0. The number of nitrogens with two attached hydrogens (primary N) is 1. The van der Waals surface area contributed by atoms with E-state index in [0.29, 0.717) is 26.1 Å². The monoisotopic (exact) mass is 280 g/mol. The topological polar surface area (TPSA) is 46.3 Å². The molecule has 0 saturated carbocycles. The lowest BCUT2D eigenvalue weighted by molar-refractivity contribution is -0.132. The average molecular weight is 280 g/mol. The van der Waals surface area contributed by atoms with E-state index in [4.69, 9.17) is 5.73 Å². The van der Waals surface area contributed by atoms with Crippen LogP contribution in [0.2, 0.25) is 0 Å². The van der Waals surface area contributed by atoms with Crippen molar-refractivity contribution in [2.45, 2.75) is 25.9 Å². The first-order chi connectivity index (χ1) is 10.3. The minimum absolute atomic E-state index is 0.187. The molecule has 0 fully saturated rings. The van der Waals surface area contributed by atoms with Crippen molar-refractivity contribution in [2.24, 2.45) is 5.73 Å². The highest BCUT2D eigenvalue weighted by molar-refractivity contribution is 5.79. The van der Waals surface area contributed by atoms with Crippen molar-refractivity contribution in [3.63, 3.8) is 0 Å². The molecule has 1 aliphatic heterocycles. The van der Waals surface area contributed by atoms with E-state index >= 15 is 0 Å². The Labute approximate surface area is 125 Å². The van der Waals surface area contributed by atoms with Gasteiger partial charge in [0.1, 0.15) is 0 Å². The number of carbonyl (C=O) groups is 1. The van der Waals surface area contributed by atoms with E-state index in [1.807, 2.05) is 17.0 Å². The molecule has 2 aromatic rings. The molecule has 3 heteroatoms. The highest BCUT2D eigenvalue weighted by Gasteiger charge is 2.21. The van der Waals surface area contributed by atoms with Crippen LogP contribution in [0.5, 0.6) is 0 Å². The second-order valence-electron chi connectivity index (χ2n) is 5.46. The zero-order chi connectivity index (χ0) is 14.7. The molecule has 0 unspecified atom stereocenters. The van der Waals surface area contributed by atoms with E-state index in [9.17, 15) is 4.79 Å². The molecule has 2 aromatic carbocycles. The molecule has 3 rings (SSSR count). The van der Waals surface area contributed by atoms with Gasteiger partial charge >= 0.3 is 0 Å². The van der Waals surface area contributed by atoms with Crippen LogP contribution in [0.3, 0.4) is 0 Å². The molecule has 0 atom stereocenters. The summed E-state index contributed by atoms with van der Waals surface area (Å²) < 4.78 is 0. The first-order valence-corrected chi connectivity index (χ1v) is 7.43. The van der Waals surface area contributed by atoms with Crippen molar-refractivity contribution in [2.75, 3.05) is 6.54 Å². The number of carbonyl (C=O) groups excluding carboxylic acids is 1. The predicted molar refractivity (Wildman–Crippen MR) is 84.4 cm³/mol. The SMILES string of the molecule is NCCCC(=O)N1Cc2ccccc2-c2ccccc2C1. The van der Waals surface area contributed by atoms with Crippen molar-refractivity contribution in [1.82, 2.24) is 4.90 Å². The fourth-order valence-corrected chi connectivity index (χ4v) is 2.90. The van der Waals surface area contributed by atoms with Gasteiger partial charge in [-0.05, 0) is 35.2 Å². The maximum atomic E-state index is 12.4. The highest BCUT2D eigenvalue weighted by Crippen LogP contribution is 2.32. The van der Waals surface area contributed by atoms with Crippen molar-refractivity contribution >= 4 is 5.91 Å². The van der Waals surface area contributed by atoms with Crippen LogP contribution in [0.4, 0.5) is 0 Å². The second kappa shape index (κ2) is 6.10. The zero-order valence-corrected chi connectivity index (χ0v) is 12.1. The second-order valence-corrected chi connectivity index (χ2v) is 5.46. The fraction of sp³-hybridized carbons (Fsp3) is 0.278. The number of rotatable bonds is 3. The summed E-state index contributed by atoms with van der Waals surface area (Å²) >= 11 is 0. The van der Waals surface area contributed by atoms with Gasteiger partial charge in [-0.3, -0.25) is 4.79 Å². The van der Waals surface area contributed by atoms with Gasteiger partial charge in [-0.1, -0.05) is 48.5 Å². The van der Waals surface area contributed by atoms with Crippen LogP contribution in [0.15, 0.2) is 48.5 Å². The Kier molecular flexibility index (Phi) is 4.02. The lowest BCUT2D eigenvalue weighted by Gasteiger charge is -2.21. The third-order valence-electron chi connectivity index (χ3n) is 3.99. The van der Waals surface area contributed by atoms with Gasteiger partial charge in [-0.25, -0.2) is 0 Å². The van der Waals surface area contributed by atoms with Gasteiger partial charge in [0, 0.05) is 19.5 Å². The summed E-state index contributed by atoms with van der Waals surface area (Å²) in [6, 6.07) is 16.7. The van der Waals surface area contributed by atoms with Gasteiger partial charge in [0.25, 0.3) is 0 Å². The summed E-state index contributed by atoms with van der Waals surface area (Å²) in [5.41, 5.74) is 10.4. The summed E-state index contributed by atoms with van der Waals surface area (Å²) in [6.07, 6.45) is 1.28. The predicted octanol–water partition coefficient (Wildman–Crippen LogP) is 2.93. The Morgan fingerprint density at radius 1 is 0.952 bits per heavy atom. The van der Waals surface area contributed by atoms with Gasteiger partial charge in [-0.2, -0.15) is 0 Å². The summed E-state index contributed by atoms with van der Waals surface area (Å²) in [5.74, 6) is 0.187. The van der Waals surface area contributed by atoms with E-state index in [1.165, 1.54) is 22.3 Å². The van der Waals surface area contributed by atoms with E-state index < -0.39 is 0 Å². The number of fused-ring (bicyclic) bond motifs is 3. The molecule has 3 nitrogen and oxygen atoms in total. The molecule has 0 radical (unpaired) electrons. The summed E-state index contributed by atoms with van der Waals surface area (Å²) in [5, 5.41) is 0. The molecule has 0 aliphatic carbocycles. The molecule has 1 heterocycles. The minimum Gasteiger partial charge on any atom is -0.334 e. The normalized spacial score (nSPS) is 13.3. The molecule has 0 spiro atoms. The molecular weight excluding hydrogens is 260 g/mol. The molecular formula is C18H20N2O. The van der Waals surface area contributed by atoms with Crippen molar-refractivity contribution in [1.29, 1.82) is 0 Å². The van der Waals surface area contributed by atoms with Crippen LogP contribution in [-0.2, 0) is 17.9 Å². The molecule has 0 bridgehead atoms. The van der Waals surface area contributed by atoms with Gasteiger partial charge in [-0.15, -0.1) is 0 Å². The first kappa shape index (κ1) is 13.8. The van der Waals surface area contributed by atoms with E-state index in [-0.39, 0.29) is 5.91 Å². The quantitative estimate of drug-likeness (QED) is 0.939. The lowest BCUT2D eigenvalue weighted by atomic mass is 9.97. The van der Waals surface area contributed by atoms with Gasteiger partial charge in [0.2, 0.25) is 5.91 Å². The highest BCUT2D eigenvalue weighted by atomic mass is 16.2. The average Bonchev–Trinajstić information content (AvgIpc) is 2.69. The Morgan fingerprint density at radius 2 is 1.48 bits per heavy atom. The number of benzene rings is 2. The largest absolute Gasteiger partial charge is 0.334 e. The number of nitrogens with zero attached hydrogens (tertiary/aromatic N) is 1. The summed E-state index contributed by atoms with van der Waals surface area (Å²) in [4.78, 5) is 14.3. The minimum atomic E-state index is 0.187. The van der Waals surface area contributed by atoms with E-state index in [1.54, 1.807) is 0 Å². The lowest BCUT2D eigenvalue weighted by Crippen LogP contribution is -2.29. The Hall–Kier alpha value is -2.13. The van der Waals surface area contributed by atoms with Crippen LogP contribution in [0.1, 0.15) is 24.0 Å². The molecule has 1 amide bonds. The van der Waals surface area contributed by atoms with Crippen LogP contribution in [-0.4, -0.2) is 17.4 Å². The number of hydrogen-bond donors (Lipinski definition) is 1. The molecule has 0 saturated heterocycles. The first-order valence-electron chi connectivity index (χ1n) is 7.43. The Morgan fingerprint density at radius 3 is 2.00 bits per heavy atom. The van der Waals surface area contributed by atoms with Crippen molar-refractivity contribution < 1.29 is 4.79 Å². The van der Waals surface area contributed by atoms with E-state index in [0.717, 1.165) is 6.42 Å². The zero-order valence-electron chi connectivity index (χ0n) is 12.1. The molecule has 108 valence electrons. The van der Waals surface area contributed by atoms with Crippen LogP contribution < -0.4 is 5.73 Å². The van der Waals surface area contributed by atoms with Gasteiger partial charge < -0.3 is 10.6 Å². The standard InChI is InChI=1S/C18H20N2O/c19-11-5-10-18(21)20-12-14-6-1-3-8-16(14)17-9-4-2-7-15(17)13-20/h1-4,6-9H,5,10-13,19H2. The molecule has 1 aliphatic rings. The molecule has 0 aromatic heterocycles. The third-order valence-corrected chi connectivity index (χ3v) is 3.99. The fourth-order valence-electron chi connectivity index (χ4n) is 2.90. The summed E-state index contributed by atoms with van der Waals surface area (Å²) in [6.45, 7) is 1.91. The van der Waals surface area contributed by atoms with Gasteiger partial charge in [0.15, 0.2) is 0 Å². The van der Waals surface area contributed by atoms with E-state index in [2.05, 4.69) is 36.4 Å². The molecule has 2 N–H and O–H groups in total. The Bertz CT molecular complexity index is 604. The van der Waals surface area contributed by atoms with Crippen LogP contribution in [0, 0.1) is 0 Å². The Balaban J connectivity index is 1.99. The molecule has 21 heavy (non-hydrogen) atoms. The van der Waals surface area contributed by atoms with Crippen molar-refractivity contribution in [3.05, 3.63) is 59.7 Å². The number of hydrogen-bond acceptors (Lipinski definition) is 2. The third kappa shape index (κ3) is 2.83. The number of amides is 1. The van der Waals surface area contributed by atoms with Crippen LogP contribution in [0.25, 0.3) is 11.1 Å². The van der Waals surface area contributed by atoms with Crippen LogP contribution >= 0.6 is 0 Å². The van der Waals surface area contributed by atoms with Gasteiger partial charge in [0.05, 0.1) is 0 Å².